The summed E-state index contributed by atoms with van der Waals surface area (Å²) >= 11 is 0. The van der Waals surface area contributed by atoms with E-state index in [0.29, 0.717) is 12.5 Å². The Morgan fingerprint density at radius 2 is 1.72 bits per heavy atom. The first-order chi connectivity index (χ1) is 13.7. The van der Waals surface area contributed by atoms with Gasteiger partial charge in [-0.2, -0.15) is 0 Å². The number of allylic oxidation sites excluding steroid dienone is 1. The summed E-state index contributed by atoms with van der Waals surface area (Å²) in [4.78, 5) is 37.9. The zero-order chi connectivity index (χ0) is 21.3. The third kappa shape index (κ3) is 9.33. The van der Waals surface area contributed by atoms with Gasteiger partial charge in [0.05, 0.1) is 0 Å². The summed E-state index contributed by atoms with van der Waals surface area (Å²) < 4.78 is 5.13. The summed E-state index contributed by atoms with van der Waals surface area (Å²) in [5.74, 6) is 0.461. The number of likely N-dealkylation sites (tertiary alicyclic amines) is 1. The molecule has 0 unspecified atom stereocenters. The maximum absolute atomic E-state index is 12.4. The topological polar surface area (TPSA) is 87.7 Å². The molecule has 1 aliphatic carbocycles. The summed E-state index contributed by atoms with van der Waals surface area (Å²) in [5, 5.41) is 5.53. The quantitative estimate of drug-likeness (QED) is 0.662. The summed E-state index contributed by atoms with van der Waals surface area (Å²) in [7, 11) is 0. The minimum atomic E-state index is -0.546. The van der Waals surface area contributed by atoms with Crippen LogP contribution in [-0.2, 0) is 14.3 Å². The molecule has 3 amide bonds. The lowest BCUT2D eigenvalue weighted by molar-refractivity contribution is -0.128. The Bertz CT molecular complexity index is 594. The Balaban J connectivity index is 1.58. The van der Waals surface area contributed by atoms with Crippen molar-refractivity contribution >= 4 is 17.9 Å². The fourth-order valence-corrected chi connectivity index (χ4v) is 3.71. The van der Waals surface area contributed by atoms with E-state index in [0.717, 1.165) is 38.8 Å². The maximum Gasteiger partial charge on any atom is 0.407 e. The van der Waals surface area contributed by atoms with Crippen LogP contribution in [0.2, 0.25) is 0 Å². The summed E-state index contributed by atoms with van der Waals surface area (Å²) in [6, 6.07) is 0. The van der Waals surface area contributed by atoms with E-state index < -0.39 is 11.7 Å². The van der Waals surface area contributed by atoms with Gasteiger partial charge in [-0.05, 0) is 65.2 Å². The highest BCUT2D eigenvalue weighted by atomic mass is 16.6. The molecule has 7 heteroatoms. The smallest absolute Gasteiger partial charge is 0.407 e. The average molecular weight is 408 g/mol. The number of rotatable bonds is 6. The first-order valence-corrected chi connectivity index (χ1v) is 10.9. The van der Waals surface area contributed by atoms with Crippen molar-refractivity contribution in [3.63, 3.8) is 0 Å². The van der Waals surface area contributed by atoms with Gasteiger partial charge < -0.3 is 20.3 Å². The van der Waals surface area contributed by atoms with Gasteiger partial charge in [0.25, 0.3) is 0 Å². The van der Waals surface area contributed by atoms with E-state index in [4.69, 9.17) is 4.74 Å². The van der Waals surface area contributed by atoms with Crippen molar-refractivity contribution in [1.29, 1.82) is 0 Å². The lowest BCUT2D eigenvalue weighted by Crippen LogP contribution is -2.41. The number of hydrogen-bond donors (Lipinski definition) is 2. The van der Waals surface area contributed by atoms with Crippen molar-refractivity contribution in [2.75, 3.05) is 26.2 Å². The van der Waals surface area contributed by atoms with Gasteiger partial charge in [0.2, 0.25) is 11.8 Å². The molecule has 7 nitrogen and oxygen atoms in total. The van der Waals surface area contributed by atoms with Gasteiger partial charge in [0.1, 0.15) is 5.60 Å². The van der Waals surface area contributed by atoms with Gasteiger partial charge >= 0.3 is 6.09 Å². The van der Waals surface area contributed by atoms with Crippen LogP contribution in [0.4, 0.5) is 4.79 Å². The van der Waals surface area contributed by atoms with Crippen molar-refractivity contribution in [2.24, 2.45) is 5.92 Å². The number of carbonyl (C=O) groups excluding carboxylic acids is 3. The second-order valence-electron chi connectivity index (χ2n) is 9.11. The van der Waals surface area contributed by atoms with Gasteiger partial charge in [-0.3, -0.25) is 9.59 Å². The highest BCUT2D eigenvalue weighted by Crippen LogP contribution is 2.23. The maximum atomic E-state index is 12.4. The van der Waals surface area contributed by atoms with Crippen molar-refractivity contribution in [1.82, 2.24) is 15.5 Å². The van der Waals surface area contributed by atoms with E-state index in [1.165, 1.54) is 24.8 Å². The van der Waals surface area contributed by atoms with E-state index in [9.17, 15) is 14.4 Å². The highest BCUT2D eigenvalue weighted by Gasteiger charge is 2.23. The summed E-state index contributed by atoms with van der Waals surface area (Å²) in [6.45, 7) is 7.77. The zero-order valence-corrected chi connectivity index (χ0v) is 18.2. The van der Waals surface area contributed by atoms with Gasteiger partial charge in [-0.25, -0.2) is 4.79 Å². The van der Waals surface area contributed by atoms with Crippen LogP contribution in [0.1, 0.15) is 72.1 Å². The monoisotopic (exact) mass is 407 g/mol. The molecule has 0 radical (unpaired) electrons. The van der Waals surface area contributed by atoms with Crippen LogP contribution in [0.25, 0.3) is 0 Å². The van der Waals surface area contributed by atoms with Gasteiger partial charge in [-0.15, -0.1) is 0 Å². The number of ether oxygens (including phenoxy) is 1. The largest absolute Gasteiger partial charge is 0.444 e. The molecule has 0 aromatic carbocycles. The van der Waals surface area contributed by atoms with E-state index in [-0.39, 0.29) is 24.8 Å². The molecule has 1 aliphatic heterocycles. The van der Waals surface area contributed by atoms with Gasteiger partial charge in [0, 0.05) is 38.7 Å². The standard InChI is InChI=1S/C22H37N3O4/c1-22(2,3)29-21(28)23-12-9-19(26)24-16-18-10-13-25(14-11-18)20(27)15-17-7-5-4-6-8-17/h15,18H,4-14,16H2,1-3H3,(H,23,28)(H,24,26). The van der Waals surface area contributed by atoms with E-state index in [1.807, 2.05) is 11.0 Å². The third-order valence-corrected chi connectivity index (χ3v) is 5.36. The van der Waals surface area contributed by atoms with E-state index in [2.05, 4.69) is 10.6 Å². The molecule has 0 atom stereocenters. The Morgan fingerprint density at radius 3 is 2.34 bits per heavy atom. The number of amides is 3. The lowest BCUT2D eigenvalue weighted by atomic mass is 9.93. The Morgan fingerprint density at radius 1 is 1.07 bits per heavy atom. The number of carbonyl (C=O) groups is 3. The number of nitrogens with one attached hydrogen (secondary N) is 2. The van der Waals surface area contributed by atoms with E-state index >= 15 is 0 Å². The van der Waals surface area contributed by atoms with Crippen molar-refractivity contribution in [3.05, 3.63) is 11.6 Å². The molecule has 29 heavy (non-hydrogen) atoms. The Kier molecular flexibility index (Phi) is 8.99. The molecule has 1 saturated heterocycles. The average Bonchev–Trinajstić information content (AvgIpc) is 2.66. The number of alkyl carbamates (subject to hydrolysis) is 1. The zero-order valence-electron chi connectivity index (χ0n) is 18.2. The molecule has 2 fully saturated rings. The van der Waals surface area contributed by atoms with Crippen LogP contribution in [0.15, 0.2) is 11.6 Å². The van der Waals surface area contributed by atoms with Crippen LogP contribution in [0, 0.1) is 5.92 Å². The molecule has 1 heterocycles. The number of nitrogens with zero attached hydrogens (tertiary/aromatic N) is 1. The van der Waals surface area contributed by atoms with Crippen molar-refractivity contribution in [3.8, 4) is 0 Å². The fourth-order valence-electron chi connectivity index (χ4n) is 3.71. The molecule has 0 spiro atoms. The van der Waals surface area contributed by atoms with Gasteiger partial charge in [-0.1, -0.05) is 12.0 Å². The predicted octanol–water partition coefficient (Wildman–Crippen LogP) is 3.15. The van der Waals surface area contributed by atoms with Crippen LogP contribution in [0.5, 0.6) is 0 Å². The number of piperidine rings is 1. The molecule has 1 saturated carbocycles. The van der Waals surface area contributed by atoms with Crippen LogP contribution < -0.4 is 10.6 Å². The molecule has 0 bridgehead atoms. The summed E-state index contributed by atoms with van der Waals surface area (Å²) in [5.41, 5.74) is 0.755. The second kappa shape index (κ2) is 11.2. The SMILES string of the molecule is CC(C)(C)OC(=O)NCCC(=O)NCC1CCN(C(=O)C=C2CCCCC2)CC1. The Labute approximate surface area is 174 Å². The number of hydrogen-bond acceptors (Lipinski definition) is 4. The lowest BCUT2D eigenvalue weighted by Gasteiger charge is -2.31. The molecular formula is C22H37N3O4. The molecule has 2 rings (SSSR count). The minimum absolute atomic E-state index is 0.0819. The van der Waals surface area contributed by atoms with Crippen LogP contribution in [0.3, 0.4) is 0 Å². The molecule has 2 N–H and O–H groups in total. The first-order valence-electron chi connectivity index (χ1n) is 10.9. The normalized spacial score (nSPS) is 18.2. The van der Waals surface area contributed by atoms with Crippen molar-refractivity contribution in [2.45, 2.75) is 77.7 Å². The predicted molar refractivity (Wildman–Crippen MR) is 112 cm³/mol. The van der Waals surface area contributed by atoms with Crippen LogP contribution >= 0.6 is 0 Å². The molecular weight excluding hydrogens is 370 g/mol. The van der Waals surface area contributed by atoms with Crippen molar-refractivity contribution < 1.29 is 19.1 Å². The summed E-state index contributed by atoms with van der Waals surface area (Å²) in [6.07, 6.45) is 9.21. The molecule has 164 valence electrons. The molecule has 2 aliphatic rings. The molecule has 0 aromatic heterocycles. The highest BCUT2D eigenvalue weighted by molar-refractivity contribution is 5.88. The third-order valence-electron chi connectivity index (χ3n) is 5.36. The second-order valence-corrected chi connectivity index (χ2v) is 9.11. The van der Waals surface area contributed by atoms with Gasteiger partial charge in [0.15, 0.2) is 0 Å². The minimum Gasteiger partial charge on any atom is -0.444 e. The first kappa shape index (κ1) is 23.2. The fraction of sp³-hybridized carbons (Fsp3) is 0.773. The Hall–Kier alpha value is -2.05. The van der Waals surface area contributed by atoms with Crippen LogP contribution in [-0.4, -0.2) is 54.6 Å². The van der Waals surface area contributed by atoms with E-state index in [1.54, 1.807) is 20.8 Å². The molecule has 0 aromatic rings.